The molecule has 2 rings (SSSR count). The van der Waals surface area contributed by atoms with Crippen LogP contribution in [0.5, 0.6) is 0 Å². The quantitative estimate of drug-likeness (QED) is 0.751. The Bertz CT molecular complexity index is 573. The molecule has 2 aromatic rings. The molecule has 0 amide bonds. The molecule has 2 aromatic heterocycles. The van der Waals surface area contributed by atoms with E-state index < -0.39 is 6.10 Å². The van der Waals surface area contributed by atoms with Gasteiger partial charge in [-0.05, 0) is 12.5 Å². The van der Waals surface area contributed by atoms with E-state index in [1.165, 1.54) is 12.8 Å². The number of imidazole rings is 1. The Morgan fingerprint density at radius 3 is 3.05 bits per heavy atom. The van der Waals surface area contributed by atoms with Gasteiger partial charge in [0.15, 0.2) is 0 Å². The maximum Gasteiger partial charge on any atom is 0.326 e. The lowest BCUT2D eigenvalue weighted by Crippen LogP contribution is -2.24. The predicted octanol–water partition coefficient (Wildman–Crippen LogP) is 2.06. The molecule has 2 N–H and O–H groups in total. The van der Waals surface area contributed by atoms with Crippen molar-refractivity contribution in [2.75, 3.05) is 0 Å². The molecule has 2 heterocycles. The van der Waals surface area contributed by atoms with Crippen LogP contribution in [0.3, 0.4) is 0 Å². The maximum absolute atomic E-state index is 11.8. The Morgan fingerprint density at radius 2 is 2.26 bits per heavy atom. The van der Waals surface area contributed by atoms with Crippen LogP contribution in [0.2, 0.25) is 0 Å². The molecule has 0 aromatic carbocycles. The van der Waals surface area contributed by atoms with Crippen LogP contribution in [0.1, 0.15) is 39.0 Å². The lowest BCUT2D eigenvalue weighted by atomic mass is 10.1. The molecule has 0 saturated heterocycles. The predicted molar refractivity (Wildman–Crippen MR) is 75.1 cm³/mol. The molecule has 5 heteroatoms. The van der Waals surface area contributed by atoms with E-state index in [1.54, 1.807) is 23.0 Å². The average molecular weight is 263 g/mol. The van der Waals surface area contributed by atoms with Gasteiger partial charge in [-0.15, -0.1) is 0 Å². The van der Waals surface area contributed by atoms with Crippen LogP contribution in [0.25, 0.3) is 11.0 Å². The molecule has 0 fully saturated rings. The Kier molecular flexibility index (Phi) is 4.74. The fourth-order valence-corrected chi connectivity index (χ4v) is 2.30. The minimum absolute atomic E-state index is 0.185. The number of fused-ring (bicyclic) bond motifs is 1. The van der Waals surface area contributed by atoms with Crippen LogP contribution >= 0.6 is 0 Å². The standard InChI is InChI=1S/C14H21N3O2/c1-2-3-4-5-6-11(18)10-17-13-7-8-15-9-12(13)16-14(17)19/h7-9,11,18H,2-6,10H2,1H3,(H,16,19). The van der Waals surface area contributed by atoms with E-state index in [1.807, 2.05) is 0 Å². The SMILES string of the molecule is CCCCCCC(O)Cn1c(=O)[nH]c2cnccc21. The molecule has 0 aliphatic heterocycles. The molecule has 19 heavy (non-hydrogen) atoms. The summed E-state index contributed by atoms with van der Waals surface area (Å²) in [6.45, 7) is 2.50. The van der Waals surface area contributed by atoms with Gasteiger partial charge in [-0.25, -0.2) is 4.79 Å². The monoisotopic (exact) mass is 263 g/mol. The second-order valence-electron chi connectivity index (χ2n) is 4.94. The second-order valence-corrected chi connectivity index (χ2v) is 4.94. The molecule has 0 aliphatic carbocycles. The molecule has 0 spiro atoms. The molecule has 5 nitrogen and oxygen atoms in total. The first-order chi connectivity index (χ1) is 9.22. The van der Waals surface area contributed by atoms with E-state index in [9.17, 15) is 9.90 Å². The largest absolute Gasteiger partial charge is 0.391 e. The highest BCUT2D eigenvalue weighted by atomic mass is 16.3. The minimum Gasteiger partial charge on any atom is -0.391 e. The van der Waals surface area contributed by atoms with Gasteiger partial charge in [0.25, 0.3) is 0 Å². The summed E-state index contributed by atoms with van der Waals surface area (Å²) < 4.78 is 1.58. The maximum atomic E-state index is 11.8. The van der Waals surface area contributed by atoms with Gasteiger partial charge in [-0.3, -0.25) is 9.55 Å². The summed E-state index contributed by atoms with van der Waals surface area (Å²) in [5.74, 6) is 0. The number of hydrogen-bond donors (Lipinski definition) is 2. The van der Waals surface area contributed by atoms with Crippen LogP contribution in [0.15, 0.2) is 23.3 Å². The zero-order valence-electron chi connectivity index (χ0n) is 11.3. The number of hydrogen-bond acceptors (Lipinski definition) is 3. The number of rotatable bonds is 7. The number of H-pyrrole nitrogens is 1. The summed E-state index contributed by atoms with van der Waals surface area (Å²) >= 11 is 0. The third kappa shape index (κ3) is 3.44. The van der Waals surface area contributed by atoms with Crippen LogP contribution in [0.4, 0.5) is 0 Å². The minimum atomic E-state index is -0.471. The first-order valence-electron chi connectivity index (χ1n) is 6.93. The number of aliphatic hydroxyl groups excluding tert-OH is 1. The highest BCUT2D eigenvalue weighted by molar-refractivity contribution is 5.73. The molecule has 0 saturated carbocycles. The van der Waals surface area contributed by atoms with Crippen molar-refractivity contribution < 1.29 is 5.11 Å². The molecular weight excluding hydrogens is 242 g/mol. The molecule has 0 bridgehead atoms. The van der Waals surface area contributed by atoms with Gasteiger partial charge in [-0.2, -0.15) is 0 Å². The first-order valence-corrected chi connectivity index (χ1v) is 6.93. The van der Waals surface area contributed by atoms with Crippen molar-refractivity contribution in [2.24, 2.45) is 0 Å². The average Bonchev–Trinajstić information content (AvgIpc) is 2.72. The zero-order valence-corrected chi connectivity index (χ0v) is 11.3. The molecule has 104 valence electrons. The Morgan fingerprint density at radius 1 is 1.42 bits per heavy atom. The van der Waals surface area contributed by atoms with E-state index in [4.69, 9.17) is 0 Å². The summed E-state index contributed by atoms with van der Waals surface area (Å²) in [6, 6.07) is 1.79. The Labute approximate surface area is 112 Å². The van der Waals surface area contributed by atoms with Gasteiger partial charge in [0.05, 0.1) is 29.9 Å². The summed E-state index contributed by atoms with van der Waals surface area (Å²) in [4.78, 5) is 18.5. The highest BCUT2D eigenvalue weighted by Crippen LogP contribution is 2.11. The van der Waals surface area contributed by atoms with E-state index in [0.717, 1.165) is 24.8 Å². The molecule has 1 unspecified atom stereocenters. The van der Waals surface area contributed by atoms with Crippen molar-refractivity contribution in [2.45, 2.75) is 51.7 Å². The number of pyridine rings is 1. The molecule has 0 aliphatic rings. The van der Waals surface area contributed by atoms with E-state index in [2.05, 4.69) is 16.9 Å². The Hall–Kier alpha value is -1.62. The second kappa shape index (κ2) is 6.52. The summed E-state index contributed by atoms with van der Waals surface area (Å²) in [7, 11) is 0. The van der Waals surface area contributed by atoms with Crippen molar-refractivity contribution >= 4 is 11.0 Å². The van der Waals surface area contributed by atoms with Gasteiger partial charge >= 0.3 is 5.69 Å². The summed E-state index contributed by atoms with van der Waals surface area (Å²) in [5.41, 5.74) is 1.33. The van der Waals surface area contributed by atoms with E-state index >= 15 is 0 Å². The van der Waals surface area contributed by atoms with Crippen LogP contribution in [-0.2, 0) is 6.54 Å². The number of nitrogens with zero attached hydrogens (tertiary/aromatic N) is 2. The third-order valence-electron chi connectivity index (χ3n) is 3.36. The van der Waals surface area contributed by atoms with Crippen LogP contribution < -0.4 is 5.69 Å². The number of unbranched alkanes of at least 4 members (excludes halogenated alkanes) is 3. The smallest absolute Gasteiger partial charge is 0.326 e. The van der Waals surface area contributed by atoms with Crippen molar-refractivity contribution in [3.8, 4) is 0 Å². The van der Waals surface area contributed by atoms with Gasteiger partial charge < -0.3 is 10.1 Å². The Balaban J connectivity index is 2.00. The van der Waals surface area contributed by atoms with Gasteiger partial charge in [0.2, 0.25) is 0 Å². The van der Waals surface area contributed by atoms with Crippen molar-refractivity contribution in [3.05, 3.63) is 28.9 Å². The lowest BCUT2D eigenvalue weighted by molar-refractivity contribution is 0.141. The molecular formula is C14H21N3O2. The normalized spacial score (nSPS) is 12.9. The summed E-state index contributed by atoms with van der Waals surface area (Å²) in [5, 5.41) is 10.0. The lowest BCUT2D eigenvalue weighted by Gasteiger charge is -2.11. The van der Waals surface area contributed by atoms with E-state index in [0.29, 0.717) is 12.1 Å². The molecule has 0 radical (unpaired) electrons. The fraction of sp³-hybridized carbons (Fsp3) is 0.571. The van der Waals surface area contributed by atoms with Crippen LogP contribution in [-0.4, -0.2) is 25.7 Å². The van der Waals surface area contributed by atoms with E-state index in [-0.39, 0.29) is 5.69 Å². The van der Waals surface area contributed by atoms with Gasteiger partial charge in [0, 0.05) is 6.20 Å². The van der Waals surface area contributed by atoms with Crippen molar-refractivity contribution in [3.63, 3.8) is 0 Å². The molecule has 1 atom stereocenters. The third-order valence-corrected chi connectivity index (χ3v) is 3.36. The highest BCUT2D eigenvalue weighted by Gasteiger charge is 2.11. The van der Waals surface area contributed by atoms with Crippen molar-refractivity contribution in [1.29, 1.82) is 0 Å². The summed E-state index contributed by atoms with van der Waals surface area (Å²) in [6.07, 6.45) is 8.08. The fourth-order valence-electron chi connectivity index (χ4n) is 2.30. The number of aliphatic hydroxyl groups is 1. The number of aromatic amines is 1. The first kappa shape index (κ1) is 13.8. The van der Waals surface area contributed by atoms with Crippen LogP contribution in [0, 0.1) is 0 Å². The number of aromatic nitrogens is 3. The number of nitrogens with one attached hydrogen (secondary N) is 1. The topological polar surface area (TPSA) is 70.9 Å². The van der Waals surface area contributed by atoms with Gasteiger partial charge in [0.1, 0.15) is 0 Å². The van der Waals surface area contributed by atoms with Gasteiger partial charge in [-0.1, -0.05) is 32.6 Å². The van der Waals surface area contributed by atoms with Crippen molar-refractivity contribution in [1.82, 2.24) is 14.5 Å². The zero-order chi connectivity index (χ0) is 13.7.